The van der Waals surface area contributed by atoms with Crippen LogP contribution in [0.3, 0.4) is 0 Å². The monoisotopic (exact) mass is 286 g/mol. The van der Waals surface area contributed by atoms with Crippen molar-refractivity contribution in [2.24, 2.45) is 0 Å². The Morgan fingerprint density at radius 3 is 2.67 bits per heavy atom. The lowest BCUT2D eigenvalue weighted by molar-refractivity contribution is 0.0913. The number of nitrogens with one attached hydrogen (secondary N) is 1. The van der Waals surface area contributed by atoms with Crippen molar-refractivity contribution < 1.29 is 15.0 Å². The number of para-hydroxylation sites is 1. The molecule has 1 aromatic heterocycles. The standard InChI is InChI=1S/C16H18N2O3/c1-2-11-4-3-5-13(15(11)20)16(21)18-10-14(19)12-6-8-17-9-7-12/h3-9,14,19-20H,2,10H2,1H3,(H,18,21). The summed E-state index contributed by atoms with van der Waals surface area (Å²) in [5, 5.41) is 22.6. The van der Waals surface area contributed by atoms with Gasteiger partial charge in [-0.2, -0.15) is 0 Å². The Morgan fingerprint density at radius 1 is 1.29 bits per heavy atom. The highest BCUT2D eigenvalue weighted by Gasteiger charge is 2.15. The second kappa shape index (κ2) is 6.85. The maximum atomic E-state index is 12.1. The molecule has 5 heteroatoms. The Bertz CT molecular complexity index is 614. The van der Waals surface area contributed by atoms with E-state index in [9.17, 15) is 15.0 Å². The summed E-state index contributed by atoms with van der Waals surface area (Å²) in [6.45, 7) is 1.97. The van der Waals surface area contributed by atoms with Gasteiger partial charge in [-0.15, -0.1) is 0 Å². The summed E-state index contributed by atoms with van der Waals surface area (Å²) in [4.78, 5) is 15.9. The van der Waals surface area contributed by atoms with Gasteiger partial charge in [-0.25, -0.2) is 0 Å². The number of carbonyl (C=O) groups excluding carboxylic acids is 1. The van der Waals surface area contributed by atoms with Crippen molar-refractivity contribution in [2.45, 2.75) is 19.4 Å². The number of rotatable bonds is 5. The topological polar surface area (TPSA) is 82.5 Å². The number of phenolic OH excluding ortho intramolecular Hbond substituents is 1. The summed E-state index contributed by atoms with van der Waals surface area (Å²) in [5.74, 6) is -0.410. The third-order valence-electron chi connectivity index (χ3n) is 3.29. The molecule has 1 heterocycles. The molecule has 1 atom stereocenters. The maximum absolute atomic E-state index is 12.1. The Balaban J connectivity index is 2.02. The number of phenols is 1. The molecule has 0 fully saturated rings. The highest BCUT2D eigenvalue weighted by atomic mass is 16.3. The van der Waals surface area contributed by atoms with E-state index in [-0.39, 0.29) is 17.9 Å². The molecule has 2 aromatic rings. The number of carbonyl (C=O) groups is 1. The van der Waals surface area contributed by atoms with Gasteiger partial charge in [0.2, 0.25) is 0 Å². The molecule has 2 rings (SSSR count). The van der Waals surface area contributed by atoms with Gasteiger partial charge in [-0.3, -0.25) is 9.78 Å². The van der Waals surface area contributed by atoms with Gasteiger partial charge in [0.25, 0.3) is 5.91 Å². The van der Waals surface area contributed by atoms with E-state index in [1.807, 2.05) is 6.92 Å². The molecule has 0 spiro atoms. The number of aliphatic hydroxyl groups excluding tert-OH is 1. The first-order chi connectivity index (χ1) is 10.1. The second-order valence-electron chi connectivity index (χ2n) is 4.67. The number of pyridine rings is 1. The maximum Gasteiger partial charge on any atom is 0.255 e. The molecular weight excluding hydrogens is 268 g/mol. The number of aromatic nitrogens is 1. The third kappa shape index (κ3) is 3.58. The lowest BCUT2D eigenvalue weighted by Gasteiger charge is -2.13. The lowest BCUT2D eigenvalue weighted by atomic mass is 10.1. The van der Waals surface area contributed by atoms with Crippen LogP contribution in [-0.4, -0.2) is 27.6 Å². The smallest absolute Gasteiger partial charge is 0.255 e. The van der Waals surface area contributed by atoms with Crippen molar-refractivity contribution in [3.05, 3.63) is 59.4 Å². The number of nitrogens with zero attached hydrogens (tertiary/aromatic N) is 1. The van der Waals surface area contributed by atoms with Gasteiger partial charge in [-0.05, 0) is 35.7 Å². The molecule has 0 radical (unpaired) electrons. The van der Waals surface area contributed by atoms with Crippen molar-refractivity contribution in [3.63, 3.8) is 0 Å². The largest absolute Gasteiger partial charge is 0.507 e. The zero-order valence-electron chi connectivity index (χ0n) is 11.8. The van der Waals surface area contributed by atoms with E-state index in [0.29, 0.717) is 12.0 Å². The SMILES string of the molecule is CCc1cccc(C(=O)NCC(O)c2ccncc2)c1O. The fraction of sp³-hybridized carbons (Fsp3) is 0.250. The number of aryl methyl sites for hydroxylation is 1. The zero-order chi connectivity index (χ0) is 15.2. The number of hydrogen-bond donors (Lipinski definition) is 3. The predicted molar refractivity (Wildman–Crippen MR) is 79.0 cm³/mol. The van der Waals surface area contributed by atoms with Crippen LogP contribution in [0.4, 0.5) is 0 Å². The van der Waals surface area contributed by atoms with Crippen molar-refractivity contribution >= 4 is 5.91 Å². The molecule has 1 aromatic carbocycles. The summed E-state index contributed by atoms with van der Waals surface area (Å²) in [6.07, 6.45) is 2.99. The quantitative estimate of drug-likeness (QED) is 0.783. The molecule has 1 amide bonds. The summed E-state index contributed by atoms with van der Waals surface area (Å²) in [7, 11) is 0. The van der Waals surface area contributed by atoms with Crippen LogP contribution in [0.25, 0.3) is 0 Å². The van der Waals surface area contributed by atoms with Gasteiger partial charge < -0.3 is 15.5 Å². The number of aromatic hydroxyl groups is 1. The lowest BCUT2D eigenvalue weighted by Crippen LogP contribution is -2.28. The first kappa shape index (κ1) is 15.0. The van der Waals surface area contributed by atoms with Crippen LogP contribution in [-0.2, 0) is 6.42 Å². The third-order valence-corrected chi connectivity index (χ3v) is 3.29. The van der Waals surface area contributed by atoms with E-state index in [4.69, 9.17) is 0 Å². The predicted octanol–water partition coefficient (Wildman–Crippen LogP) is 1.81. The Kier molecular flexibility index (Phi) is 4.90. The first-order valence-corrected chi connectivity index (χ1v) is 6.80. The number of amides is 1. The summed E-state index contributed by atoms with van der Waals surface area (Å²) in [5.41, 5.74) is 1.62. The highest BCUT2D eigenvalue weighted by molar-refractivity contribution is 5.97. The minimum Gasteiger partial charge on any atom is -0.507 e. The fourth-order valence-electron chi connectivity index (χ4n) is 2.05. The zero-order valence-corrected chi connectivity index (χ0v) is 11.8. The van der Waals surface area contributed by atoms with E-state index >= 15 is 0 Å². The van der Waals surface area contributed by atoms with Gasteiger partial charge in [-0.1, -0.05) is 19.1 Å². The van der Waals surface area contributed by atoms with Crippen LogP contribution >= 0.6 is 0 Å². The summed E-state index contributed by atoms with van der Waals surface area (Å²) < 4.78 is 0. The summed E-state index contributed by atoms with van der Waals surface area (Å²) >= 11 is 0. The average molecular weight is 286 g/mol. The normalized spacial score (nSPS) is 11.9. The van der Waals surface area contributed by atoms with E-state index in [0.717, 1.165) is 5.56 Å². The van der Waals surface area contributed by atoms with Gasteiger partial charge in [0.15, 0.2) is 0 Å². The molecule has 110 valence electrons. The van der Waals surface area contributed by atoms with Gasteiger partial charge >= 0.3 is 0 Å². The Morgan fingerprint density at radius 2 is 2.00 bits per heavy atom. The van der Waals surface area contributed by atoms with E-state index in [1.54, 1.807) is 42.7 Å². The van der Waals surface area contributed by atoms with Gasteiger partial charge in [0.1, 0.15) is 5.75 Å². The van der Waals surface area contributed by atoms with Crippen molar-refractivity contribution in [1.82, 2.24) is 10.3 Å². The molecule has 0 aliphatic rings. The fourth-order valence-corrected chi connectivity index (χ4v) is 2.05. The molecule has 3 N–H and O–H groups in total. The molecule has 21 heavy (non-hydrogen) atoms. The Hall–Kier alpha value is -2.40. The molecule has 0 aliphatic carbocycles. The highest BCUT2D eigenvalue weighted by Crippen LogP contribution is 2.22. The van der Waals surface area contributed by atoms with Crippen LogP contribution in [0.1, 0.15) is 34.5 Å². The number of hydrogen-bond acceptors (Lipinski definition) is 4. The second-order valence-corrected chi connectivity index (χ2v) is 4.67. The van der Waals surface area contributed by atoms with Crippen molar-refractivity contribution in [1.29, 1.82) is 0 Å². The van der Waals surface area contributed by atoms with E-state index in [1.165, 1.54) is 0 Å². The van der Waals surface area contributed by atoms with Crippen LogP contribution in [0.5, 0.6) is 5.75 Å². The van der Waals surface area contributed by atoms with Gasteiger partial charge in [0.05, 0.1) is 11.7 Å². The summed E-state index contributed by atoms with van der Waals surface area (Å²) in [6, 6.07) is 8.44. The number of aliphatic hydroxyl groups is 1. The van der Waals surface area contributed by atoms with Crippen LogP contribution < -0.4 is 5.32 Å². The van der Waals surface area contributed by atoms with Crippen molar-refractivity contribution in [3.8, 4) is 5.75 Å². The molecule has 0 bridgehead atoms. The molecular formula is C16H18N2O3. The molecule has 0 saturated carbocycles. The van der Waals surface area contributed by atoms with Crippen LogP contribution in [0.2, 0.25) is 0 Å². The first-order valence-electron chi connectivity index (χ1n) is 6.80. The molecule has 5 nitrogen and oxygen atoms in total. The minimum absolute atomic E-state index is 0.00380. The van der Waals surface area contributed by atoms with E-state index < -0.39 is 12.0 Å². The molecule has 0 aliphatic heterocycles. The van der Waals surface area contributed by atoms with Gasteiger partial charge in [0, 0.05) is 18.9 Å². The van der Waals surface area contributed by atoms with E-state index in [2.05, 4.69) is 10.3 Å². The number of benzene rings is 1. The Labute approximate surface area is 123 Å². The molecule has 1 unspecified atom stereocenters. The van der Waals surface area contributed by atoms with Crippen LogP contribution in [0, 0.1) is 0 Å². The van der Waals surface area contributed by atoms with Crippen LogP contribution in [0.15, 0.2) is 42.7 Å². The average Bonchev–Trinajstić information content (AvgIpc) is 2.53. The molecule has 0 saturated heterocycles. The minimum atomic E-state index is -0.812. The van der Waals surface area contributed by atoms with Crippen molar-refractivity contribution in [2.75, 3.05) is 6.54 Å².